The van der Waals surface area contributed by atoms with Crippen molar-refractivity contribution in [2.75, 3.05) is 18.0 Å². The van der Waals surface area contributed by atoms with Crippen LogP contribution in [0.3, 0.4) is 0 Å². The van der Waals surface area contributed by atoms with Gasteiger partial charge in [0.1, 0.15) is 5.52 Å². The van der Waals surface area contributed by atoms with Gasteiger partial charge in [-0.25, -0.2) is 15.0 Å². The van der Waals surface area contributed by atoms with Gasteiger partial charge in [-0.2, -0.15) is 0 Å². The average molecular weight is 396 g/mol. The fourth-order valence-corrected chi connectivity index (χ4v) is 4.71. The van der Waals surface area contributed by atoms with Crippen molar-refractivity contribution in [3.63, 3.8) is 0 Å². The molecule has 0 bridgehead atoms. The Labute approximate surface area is 173 Å². The lowest BCUT2D eigenvalue weighted by Crippen LogP contribution is -2.44. The molecule has 2 fully saturated rings. The first-order valence-electron chi connectivity index (χ1n) is 11.4. The highest BCUT2D eigenvalue weighted by Crippen LogP contribution is 2.26. The van der Waals surface area contributed by atoms with Crippen molar-refractivity contribution < 1.29 is 4.79 Å². The largest absolute Gasteiger partial charge is 0.370 e. The van der Waals surface area contributed by atoms with Gasteiger partial charge in [0.15, 0.2) is 5.65 Å². The number of aromatic nitrogens is 3. The molecule has 1 N–H and O–H groups in total. The number of rotatable bonds is 5. The lowest BCUT2D eigenvalue weighted by atomic mass is 9.92. The summed E-state index contributed by atoms with van der Waals surface area (Å²) < 4.78 is 0. The van der Waals surface area contributed by atoms with Gasteiger partial charge in [0.2, 0.25) is 5.91 Å². The standard InChI is InChI=1S/C23H33N5O/c1-3-19-20(4-2)27-22-21(26-19)14-18(15-24-22)28-12-10-16(11-13-28)23(29)25-17-8-6-5-7-9-17/h14-17H,3-13H2,1-2H3,(H,25,29). The van der Waals surface area contributed by atoms with E-state index in [1.165, 1.54) is 19.3 Å². The number of nitrogens with one attached hydrogen (secondary N) is 1. The number of anilines is 1. The molecule has 1 saturated carbocycles. The Morgan fingerprint density at radius 2 is 1.72 bits per heavy atom. The van der Waals surface area contributed by atoms with Crippen molar-refractivity contribution >= 4 is 22.8 Å². The number of pyridine rings is 1. The zero-order chi connectivity index (χ0) is 20.2. The Bertz CT molecular complexity index is 854. The minimum Gasteiger partial charge on any atom is -0.370 e. The number of nitrogens with zero attached hydrogens (tertiary/aromatic N) is 4. The first-order valence-corrected chi connectivity index (χ1v) is 11.4. The monoisotopic (exact) mass is 395 g/mol. The van der Waals surface area contributed by atoms with E-state index in [4.69, 9.17) is 9.97 Å². The summed E-state index contributed by atoms with van der Waals surface area (Å²) in [5, 5.41) is 3.30. The van der Waals surface area contributed by atoms with E-state index in [1.54, 1.807) is 0 Å². The van der Waals surface area contributed by atoms with Crippen molar-refractivity contribution in [1.82, 2.24) is 20.3 Å². The quantitative estimate of drug-likeness (QED) is 0.833. The molecule has 2 aromatic rings. The fraction of sp³-hybridized carbons (Fsp3) is 0.652. The highest BCUT2D eigenvalue weighted by molar-refractivity contribution is 5.79. The Balaban J connectivity index is 1.40. The molecular weight excluding hydrogens is 362 g/mol. The summed E-state index contributed by atoms with van der Waals surface area (Å²) in [6.07, 6.45) is 11.6. The van der Waals surface area contributed by atoms with Crippen molar-refractivity contribution in [3.8, 4) is 0 Å². The van der Waals surface area contributed by atoms with Gasteiger partial charge in [-0.1, -0.05) is 33.1 Å². The summed E-state index contributed by atoms with van der Waals surface area (Å²) in [5.41, 5.74) is 4.80. The lowest BCUT2D eigenvalue weighted by Gasteiger charge is -2.34. The smallest absolute Gasteiger partial charge is 0.223 e. The lowest BCUT2D eigenvalue weighted by molar-refractivity contribution is -0.126. The van der Waals surface area contributed by atoms with Crippen LogP contribution in [-0.4, -0.2) is 40.0 Å². The molecule has 2 aromatic heterocycles. The Hall–Kier alpha value is -2.24. The van der Waals surface area contributed by atoms with Gasteiger partial charge in [-0.15, -0.1) is 0 Å². The third kappa shape index (κ3) is 4.51. The van der Waals surface area contributed by atoms with E-state index in [9.17, 15) is 4.79 Å². The normalized spacial score (nSPS) is 18.9. The highest BCUT2D eigenvalue weighted by Gasteiger charge is 2.27. The molecular formula is C23H33N5O. The summed E-state index contributed by atoms with van der Waals surface area (Å²) in [6.45, 7) is 6.00. The molecule has 1 aliphatic heterocycles. The zero-order valence-corrected chi connectivity index (χ0v) is 17.8. The second-order valence-corrected chi connectivity index (χ2v) is 8.47. The molecule has 29 heavy (non-hydrogen) atoms. The predicted molar refractivity (Wildman–Crippen MR) is 116 cm³/mol. The Kier molecular flexibility index (Phi) is 6.26. The molecule has 1 amide bonds. The first kappa shape index (κ1) is 20.0. The van der Waals surface area contributed by atoms with Gasteiger partial charge >= 0.3 is 0 Å². The summed E-state index contributed by atoms with van der Waals surface area (Å²) in [6, 6.07) is 2.51. The van der Waals surface area contributed by atoms with Crippen LogP contribution in [0.2, 0.25) is 0 Å². The van der Waals surface area contributed by atoms with Crippen LogP contribution in [0.25, 0.3) is 11.2 Å². The third-order valence-corrected chi connectivity index (χ3v) is 6.51. The van der Waals surface area contributed by atoms with Crippen LogP contribution in [0.5, 0.6) is 0 Å². The van der Waals surface area contributed by atoms with Crippen LogP contribution < -0.4 is 10.2 Å². The van der Waals surface area contributed by atoms with Crippen LogP contribution in [0.15, 0.2) is 12.3 Å². The van der Waals surface area contributed by atoms with Crippen LogP contribution in [0.4, 0.5) is 5.69 Å². The number of amides is 1. The maximum absolute atomic E-state index is 12.7. The van der Waals surface area contributed by atoms with Crippen molar-refractivity contribution in [2.24, 2.45) is 5.92 Å². The SMILES string of the molecule is CCc1nc2cc(N3CCC(C(=O)NC4CCCCC4)CC3)cnc2nc1CC. The maximum atomic E-state index is 12.7. The molecule has 2 aliphatic rings. The summed E-state index contributed by atoms with van der Waals surface area (Å²) >= 11 is 0. The van der Waals surface area contributed by atoms with E-state index in [1.807, 2.05) is 6.20 Å². The number of aryl methyl sites for hydroxylation is 2. The van der Waals surface area contributed by atoms with E-state index in [2.05, 4.69) is 35.1 Å². The molecule has 0 spiro atoms. The number of carbonyl (C=O) groups excluding carboxylic acids is 1. The van der Waals surface area contributed by atoms with Crippen LogP contribution >= 0.6 is 0 Å². The van der Waals surface area contributed by atoms with Gasteiger partial charge in [0.25, 0.3) is 0 Å². The van der Waals surface area contributed by atoms with E-state index >= 15 is 0 Å². The van der Waals surface area contributed by atoms with Gasteiger partial charge in [0.05, 0.1) is 23.3 Å². The molecule has 156 valence electrons. The molecule has 4 rings (SSSR count). The van der Waals surface area contributed by atoms with E-state index in [-0.39, 0.29) is 11.8 Å². The molecule has 0 aromatic carbocycles. The molecule has 1 saturated heterocycles. The van der Waals surface area contributed by atoms with Gasteiger partial charge < -0.3 is 10.2 Å². The van der Waals surface area contributed by atoms with E-state index in [0.717, 1.165) is 79.9 Å². The number of piperidine rings is 1. The second kappa shape index (κ2) is 9.06. The van der Waals surface area contributed by atoms with Crippen molar-refractivity contribution in [2.45, 2.75) is 77.7 Å². The Morgan fingerprint density at radius 1 is 1.03 bits per heavy atom. The minimum atomic E-state index is 0.139. The average Bonchev–Trinajstić information content (AvgIpc) is 2.78. The molecule has 0 radical (unpaired) electrons. The summed E-state index contributed by atoms with van der Waals surface area (Å²) in [5.74, 6) is 0.402. The first-order chi connectivity index (χ1) is 14.2. The molecule has 0 unspecified atom stereocenters. The number of hydrogen-bond donors (Lipinski definition) is 1. The Morgan fingerprint density at radius 3 is 2.41 bits per heavy atom. The molecule has 6 nitrogen and oxygen atoms in total. The predicted octanol–water partition coefficient (Wildman–Crippen LogP) is 3.81. The minimum absolute atomic E-state index is 0.139. The van der Waals surface area contributed by atoms with Crippen LogP contribution in [0, 0.1) is 5.92 Å². The highest BCUT2D eigenvalue weighted by atomic mass is 16.1. The van der Waals surface area contributed by atoms with E-state index < -0.39 is 0 Å². The summed E-state index contributed by atoms with van der Waals surface area (Å²) in [4.78, 5) is 29.1. The zero-order valence-electron chi connectivity index (χ0n) is 17.8. The van der Waals surface area contributed by atoms with Crippen molar-refractivity contribution in [3.05, 3.63) is 23.7 Å². The third-order valence-electron chi connectivity index (χ3n) is 6.51. The number of hydrogen-bond acceptors (Lipinski definition) is 5. The summed E-state index contributed by atoms with van der Waals surface area (Å²) in [7, 11) is 0. The second-order valence-electron chi connectivity index (χ2n) is 8.47. The topological polar surface area (TPSA) is 71.0 Å². The van der Waals surface area contributed by atoms with Crippen LogP contribution in [-0.2, 0) is 17.6 Å². The van der Waals surface area contributed by atoms with E-state index in [0.29, 0.717) is 6.04 Å². The van der Waals surface area contributed by atoms with Crippen molar-refractivity contribution in [1.29, 1.82) is 0 Å². The maximum Gasteiger partial charge on any atom is 0.223 e. The molecule has 1 aliphatic carbocycles. The van der Waals surface area contributed by atoms with Gasteiger partial charge in [-0.05, 0) is 44.6 Å². The van der Waals surface area contributed by atoms with Crippen LogP contribution in [0.1, 0.15) is 70.2 Å². The molecule has 3 heterocycles. The number of fused-ring (bicyclic) bond motifs is 1. The fourth-order valence-electron chi connectivity index (χ4n) is 4.71. The molecule has 0 atom stereocenters. The van der Waals surface area contributed by atoms with Gasteiger partial charge in [-0.3, -0.25) is 4.79 Å². The number of carbonyl (C=O) groups is 1. The molecule has 6 heteroatoms. The van der Waals surface area contributed by atoms with Gasteiger partial charge in [0, 0.05) is 25.0 Å².